The molecule has 4 nitrogen and oxygen atoms in total. The Labute approximate surface area is 179 Å². The summed E-state index contributed by atoms with van der Waals surface area (Å²) in [7, 11) is 0. The van der Waals surface area contributed by atoms with E-state index in [4.69, 9.17) is 0 Å². The number of halogens is 4. The van der Waals surface area contributed by atoms with Gasteiger partial charge in [-0.3, -0.25) is 4.98 Å². The van der Waals surface area contributed by atoms with Crippen LogP contribution in [0.5, 0.6) is 0 Å². The molecule has 1 heterocycles. The van der Waals surface area contributed by atoms with Crippen LogP contribution < -0.4 is 11.1 Å². The van der Waals surface area contributed by atoms with Crippen molar-refractivity contribution in [2.75, 3.05) is 5.32 Å². The minimum Gasteiger partial charge on any atom is -0.405 e. The number of hydrogen-bond acceptors (Lipinski definition) is 3. The maximum atomic E-state index is 13.1. The molecule has 0 bridgehead atoms. The van der Waals surface area contributed by atoms with Crippen molar-refractivity contribution >= 4 is 5.82 Å². The number of aromatic nitrogens is 2. The number of nitrogens with two attached hydrogens (primary N) is 1. The summed E-state index contributed by atoms with van der Waals surface area (Å²) in [5.41, 5.74) is 5.47. The fourth-order valence-corrected chi connectivity index (χ4v) is 3.50. The van der Waals surface area contributed by atoms with Gasteiger partial charge in [0, 0.05) is 17.8 Å². The first kappa shape index (κ1) is 24.2. The Morgan fingerprint density at radius 2 is 1.65 bits per heavy atom. The van der Waals surface area contributed by atoms with Crippen molar-refractivity contribution in [2.45, 2.75) is 50.5 Å². The molecule has 0 amide bonds. The van der Waals surface area contributed by atoms with E-state index in [1.165, 1.54) is 24.5 Å². The molecule has 1 fully saturated rings. The Bertz CT molecular complexity index is 843. The van der Waals surface area contributed by atoms with Crippen LogP contribution in [0.4, 0.5) is 23.4 Å². The molecule has 3 rings (SSSR count). The first-order chi connectivity index (χ1) is 14.9. The molecule has 168 valence electrons. The number of alkyl halides is 4. The second-order valence-corrected chi connectivity index (χ2v) is 7.17. The van der Waals surface area contributed by atoms with Gasteiger partial charge >= 0.3 is 0 Å². The average molecular weight is 436 g/mol. The molecule has 0 unspecified atom stereocenters. The van der Waals surface area contributed by atoms with E-state index in [0.29, 0.717) is 11.7 Å². The highest BCUT2D eigenvalue weighted by molar-refractivity contribution is 5.35. The minimum absolute atomic E-state index is 0.0391. The van der Waals surface area contributed by atoms with Crippen molar-refractivity contribution in [2.24, 2.45) is 5.73 Å². The summed E-state index contributed by atoms with van der Waals surface area (Å²) in [6, 6.07) is 11.8. The van der Waals surface area contributed by atoms with Crippen molar-refractivity contribution in [3.63, 3.8) is 0 Å². The zero-order chi connectivity index (χ0) is 22.6. The summed E-state index contributed by atoms with van der Waals surface area (Å²) in [5, 5.41) is 3.30. The van der Waals surface area contributed by atoms with E-state index in [1.807, 2.05) is 0 Å². The third-order valence-corrected chi connectivity index (χ3v) is 5.02. The van der Waals surface area contributed by atoms with Gasteiger partial charge in [-0.25, -0.2) is 17.6 Å². The Morgan fingerprint density at radius 1 is 1.00 bits per heavy atom. The quantitative estimate of drug-likeness (QED) is 0.461. The van der Waals surface area contributed by atoms with Crippen LogP contribution in [-0.2, 0) is 0 Å². The monoisotopic (exact) mass is 436 g/mol. The van der Waals surface area contributed by atoms with Crippen LogP contribution in [0.15, 0.2) is 67.6 Å². The van der Waals surface area contributed by atoms with Gasteiger partial charge in [-0.1, -0.05) is 36.9 Å². The fourth-order valence-electron chi connectivity index (χ4n) is 3.50. The van der Waals surface area contributed by atoms with Gasteiger partial charge in [-0.2, -0.15) is 0 Å². The Kier molecular flexibility index (Phi) is 9.87. The number of nitrogens with zero attached hydrogens (tertiary/aromatic N) is 1. The SMILES string of the molecule is C=CN.FC(F)c1ccc(C2CCC(Nc3ccccncc(C(F)F)[nH]3)CC2)cc1. The summed E-state index contributed by atoms with van der Waals surface area (Å²) in [6.45, 7) is 3.14. The lowest BCUT2D eigenvalue weighted by molar-refractivity contribution is 0.146. The third kappa shape index (κ3) is 7.96. The highest BCUT2D eigenvalue weighted by Gasteiger charge is 2.23. The van der Waals surface area contributed by atoms with Gasteiger partial charge in [0.15, 0.2) is 0 Å². The van der Waals surface area contributed by atoms with Gasteiger partial charge < -0.3 is 16.0 Å². The highest BCUT2D eigenvalue weighted by Crippen LogP contribution is 2.34. The van der Waals surface area contributed by atoms with Crippen LogP contribution in [0.1, 0.15) is 61.3 Å². The summed E-state index contributed by atoms with van der Waals surface area (Å²) >= 11 is 0. The minimum atomic E-state index is -2.65. The average Bonchev–Trinajstić information content (AvgIpc) is 2.87. The first-order valence-electron chi connectivity index (χ1n) is 10.1. The lowest BCUT2D eigenvalue weighted by atomic mass is 9.81. The van der Waals surface area contributed by atoms with E-state index >= 15 is 0 Å². The number of rotatable bonds is 5. The largest absolute Gasteiger partial charge is 0.405 e. The smallest absolute Gasteiger partial charge is 0.279 e. The van der Waals surface area contributed by atoms with Gasteiger partial charge in [0.2, 0.25) is 0 Å². The number of H-pyrrole nitrogens is 1. The third-order valence-electron chi connectivity index (χ3n) is 5.02. The highest BCUT2D eigenvalue weighted by atomic mass is 19.3. The second kappa shape index (κ2) is 12.6. The lowest BCUT2D eigenvalue weighted by Crippen LogP contribution is -2.25. The molecule has 1 aliphatic carbocycles. The molecule has 1 aromatic carbocycles. The topological polar surface area (TPSA) is 66.7 Å². The molecule has 2 aromatic rings. The van der Waals surface area contributed by atoms with Crippen molar-refractivity contribution in [1.82, 2.24) is 9.97 Å². The van der Waals surface area contributed by atoms with Crippen molar-refractivity contribution < 1.29 is 17.6 Å². The van der Waals surface area contributed by atoms with Crippen LogP contribution >= 0.6 is 0 Å². The Balaban J connectivity index is 0.00000107. The molecular formula is C23H28F4N4. The lowest BCUT2D eigenvalue weighted by Gasteiger charge is -2.30. The van der Waals surface area contributed by atoms with E-state index in [9.17, 15) is 17.6 Å². The van der Waals surface area contributed by atoms with E-state index in [2.05, 4.69) is 27.6 Å². The molecule has 0 radical (unpaired) electrons. The van der Waals surface area contributed by atoms with E-state index in [1.54, 1.807) is 30.3 Å². The van der Waals surface area contributed by atoms with Gasteiger partial charge in [-0.05, 0) is 55.5 Å². The van der Waals surface area contributed by atoms with Crippen LogP contribution in [0.2, 0.25) is 0 Å². The van der Waals surface area contributed by atoms with Gasteiger partial charge in [0.25, 0.3) is 12.9 Å². The van der Waals surface area contributed by atoms with Crippen molar-refractivity contribution in [1.29, 1.82) is 0 Å². The van der Waals surface area contributed by atoms with Crippen molar-refractivity contribution in [3.05, 3.63) is 84.5 Å². The number of hydrogen-bond donors (Lipinski definition) is 3. The molecule has 8 heteroatoms. The van der Waals surface area contributed by atoms with Crippen LogP contribution in [0.25, 0.3) is 0 Å². The molecule has 4 N–H and O–H groups in total. The molecule has 0 aliphatic heterocycles. The van der Waals surface area contributed by atoms with Gasteiger partial charge in [-0.15, -0.1) is 0 Å². The van der Waals surface area contributed by atoms with Gasteiger partial charge in [0.1, 0.15) is 11.5 Å². The predicted molar refractivity (Wildman–Crippen MR) is 116 cm³/mol. The van der Waals surface area contributed by atoms with Crippen LogP contribution in [-0.4, -0.2) is 16.0 Å². The maximum absolute atomic E-state index is 13.1. The Morgan fingerprint density at radius 3 is 2.23 bits per heavy atom. The van der Waals surface area contributed by atoms with Crippen LogP contribution in [0, 0.1) is 0 Å². The predicted octanol–water partition coefficient (Wildman–Crippen LogP) is 6.64. The molecule has 0 atom stereocenters. The first-order valence-corrected chi connectivity index (χ1v) is 10.1. The molecule has 31 heavy (non-hydrogen) atoms. The second-order valence-electron chi connectivity index (χ2n) is 7.17. The number of aromatic amines is 1. The molecule has 0 saturated heterocycles. The molecule has 1 aromatic heterocycles. The Hall–Kier alpha value is -3.03. The zero-order valence-corrected chi connectivity index (χ0v) is 17.2. The number of anilines is 1. The molecule has 1 aliphatic rings. The van der Waals surface area contributed by atoms with E-state index in [0.717, 1.165) is 37.4 Å². The normalized spacial score (nSPS) is 18.0. The van der Waals surface area contributed by atoms with E-state index in [-0.39, 0.29) is 17.3 Å². The zero-order valence-electron chi connectivity index (χ0n) is 17.2. The molecule has 1 saturated carbocycles. The standard InChI is InChI=1S/C21H23F4N3.C2H5N/c22-20(23)16-6-4-14(5-7-16)15-8-10-17(11-9-15)27-19-3-1-2-12-26-13-18(28-19)21(24)25;1-2-3/h1-7,12-13,15,17,20-21,27-28H,8-11H2;2H,1,3H2. The summed E-state index contributed by atoms with van der Waals surface area (Å²) in [4.78, 5) is 6.54. The molecular weight excluding hydrogens is 408 g/mol. The summed E-state index contributed by atoms with van der Waals surface area (Å²) < 4.78 is 51.6. The van der Waals surface area contributed by atoms with Gasteiger partial charge in [0.05, 0.1) is 6.20 Å². The van der Waals surface area contributed by atoms with Crippen LogP contribution in [0.3, 0.4) is 0 Å². The summed E-state index contributed by atoms with van der Waals surface area (Å²) in [5.74, 6) is 0.843. The van der Waals surface area contributed by atoms with Crippen molar-refractivity contribution in [3.8, 4) is 0 Å². The fraction of sp³-hybridized carbons (Fsp3) is 0.348. The number of benzene rings is 1. The maximum Gasteiger partial charge on any atom is 0.279 e. The molecule has 0 spiro atoms. The van der Waals surface area contributed by atoms with E-state index < -0.39 is 12.9 Å². The number of nitrogens with one attached hydrogen (secondary N) is 2. The summed E-state index contributed by atoms with van der Waals surface area (Å²) in [6.07, 6.45) is 2.29.